The molecule has 2 N–H and O–H groups in total. The third kappa shape index (κ3) is 4.08. The molecule has 0 spiro atoms. The third-order valence-corrected chi connectivity index (χ3v) is 8.72. The van der Waals surface area contributed by atoms with Crippen LogP contribution in [0.3, 0.4) is 0 Å². The Morgan fingerprint density at radius 2 is 1.79 bits per heavy atom. The van der Waals surface area contributed by atoms with Crippen molar-refractivity contribution in [3.8, 4) is 0 Å². The summed E-state index contributed by atoms with van der Waals surface area (Å²) >= 11 is 12.2. The van der Waals surface area contributed by atoms with Crippen molar-refractivity contribution in [2.24, 2.45) is 10.3 Å². The number of carbonyl (C=O) groups is 1. The Kier molecular flexibility index (Phi) is 6.08. The number of rotatable bonds is 4. The number of halogens is 2. The number of hydrogen-bond acceptors (Lipinski definition) is 5. The minimum atomic E-state index is -4.03. The molecule has 178 valence electrons. The van der Waals surface area contributed by atoms with Gasteiger partial charge in [-0.2, -0.15) is 8.42 Å². The summed E-state index contributed by atoms with van der Waals surface area (Å²) in [6, 6.07) is 10.9. The quantitative estimate of drug-likeness (QED) is 0.570. The minimum absolute atomic E-state index is 0.0285. The van der Waals surface area contributed by atoms with Crippen LogP contribution in [-0.2, 0) is 21.4 Å². The van der Waals surface area contributed by atoms with Crippen molar-refractivity contribution >= 4 is 50.7 Å². The lowest BCUT2D eigenvalue weighted by molar-refractivity contribution is -0.128. The van der Waals surface area contributed by atoms with Gasteiger partial charge in [-0.15, -0.1) is 4.40 Å². The number of aliphatic hydroxyl groups excluding tert-OH is 1. The maximum Gasteiger partial charge on any atom is 0.286 e. The molecule has 7 nitrogen and oxygen atoms in total. The van der Waals surface area contributed by atoms with E-state index in [1.54, 1.807) is 41.3 Å². The molecule has 2 aromatic rings. The first-order chi connectivity index (χ1) is 16.3. The number of hydrogen-bond donors (Lipinski definition) is 2. The van der Waals surface area contributed by atoms with Gasteiger partial charge in [0.2, 0.25) is 0 Å². The molecule has 3 aliphatic rings. The lowest BCUT2D eigenvalue weighted by Crippen LogP contribution is -2.41. The molecule has 34 heavy (non-hydrogen) atoms. The Hall–Kier alpha value is -2.55. The second kappa shape index (κ2) is 8.91. The smallest absolute Gasteiger partial charge is 0.286 e. The van der Waals surface area contributed by atoms with Crippen molar-refractivity contribution in [1.29, 1.82) is 0 Å². The number of fused-ring (bicyclic) bond motifs is 1. The summed E-state index contributed by atoms with van der Waals surface area (Å²) in [5.74, 6) is -0.706. The summed E-state index contributed by atoms with van der Waals surface area (Å²) < 4.78 is 29.4. The van der Waals surface area contributed by atoms with Crippen LogP contribution in [0.5, 0.6) is 0 Å². The summed E-state index contributed by atoms with van der Waals surface area (Å²) in [6.45, 7) is 0.196. The third-order valence-electron chi connectivity index (χ3n) is 6.65. The van der Waals surface area contributed by atoms with Crippen LogP contribution < -0.4 is 5.32 Å². The van der Waals surface area contributed by atoms with Crippen LogP contribution in [0.25, 0.3) is 0 Å². The summed E-state index contributed by atoms with van der Waals surface area (Å²) in [4.78, 5) is 15.3. The highest BCUT2D eigenvalue weighted by molar-refractivity contribution is 7.90. The Balaban J connectivity index is 1.56. The molecule has 1 atom stereocenters. The van der Waals surface area contributed by atoms with Gasteiger partial charge in [-0.25, -0.2) is 0 Å². The van der Waals surface area contributed by atoms with Gasteiger partial charge < -0.3 is 15.3 Å². The largest absolute Gasteiger partial charge is 0.509 e. The standard InChI is InChI=1S/C24H23Cl2N3O4S/c25-16-11-10-14(12-17(16)26)13-29-21(15-6-2-1-3-7-15)22(30)20(24(29)31)23-27-18-8-4-5-9-19(18)34(32,33)28-23/h4-5,8-12,15,21,30H,1-3,6-7,13H2,(H,27,28)/t21-/m0/s1. The van der Waals surface area contributed by atoms with Gasteiger partial charge in [0, 0.05) is 6.54 Å². The second-order valence-corrected chi connectivity index (χ2v) is 11.2. The Labute approximate surface area is 208 Å². The normalized spacial score (nSPS) is 22.4. The first-order valence-electron chi connectivity index (χ1n) is 11.2. The fraction of sp³-hybridized carbons (Fsp3) is 0.333. The molecule has 10 heteroatoms. The molecular weight excluding hydrogens is 497 g/mol. The van der Waals surface area contributed by atoms with Crippen LogP contribution in [0.1, 0.15) is 37.7 Å². The zero-order valence-electron chi connectivity index (χ0n) is 18.2. The number of para-hydroxylation sites is 1. The van der Waals surface area contributed by atoms with Gasteiger partial charge in [0.05, 0.1) is 21.8 Å². The molecule has 1 amide bonds. The minimum Gasteiger partial charge on any atom is -0.509 e. The van der Waals surface area contributed by atoms with Gasteiger partial charge in [-0.1, -0.05) is 60.7 Å². The zero-order valence-corrected chi connectivity index (χ0v) is 20.5. The first-order valence-corrected chi connectivity index (χ1v) is 13.4. The molecular formula is C24H23Cl2N3O4S. The molecule has 0 saturated heterocycles. The van der Waals surface area contributed by atoms with Crippen molar-refractivity contribution in [2.45, 2.75) is 49.6 Å². The molecule has 0 aromatic heterocycles. The average Bonchev–Trinajstić information content (AvgIpc) is 3.05. The molecule has 2 aromatic carbocycles. The SMILES string of the molecule is O=C1C(C2=NS(=O)(=O)c3ccccc3N2)=C(O)[C@H](C2CCCCC2)N1Cc1ccc(Cl)c(Cl)c1. The summed E-state index contributed by atoms with van der Waals surface area (Å²) in [6.07, 6.45) is 4.88. The first kappa shape index (κ1) is 23.2. The van der Waals surface area contributed by atoms with Gasteiger partial charge in [-0.3, -0.25) is 4.79 Å². The molecule has 1 fully saturated rings. The van der Waals surface area contributed by atoms with Crippen LogP contribution in [0, 0.1) is 5.92 Å². The Morgan fingerprint density at radius 1 is 1.06 bits per heavy atom. The molecule has 2 aliphatic heterocycles. The number of sulfonamides is 1. The number of nitrogens with one attached hydrogen (secondary N) is 1. The molecule has 0 radical (unpaired) electrons. The Bertz CT molecular complexity index is 1330. The van der Waals surface area contributed by atoms with E-state index in [0.717, 1.165) is 37.7 Å². The highest BCUT2D eigenvalue weighted by Gasteiger charge is 2.46. The predicted molar refractivity (Wildman–Crippen MR) is 132 cm³/mol. The van der Waals surface area contributed by atoms with Gasteiger partial charge >= 0.3 is 0 Å². The fourth-order valence-electron chi connectivity index (χ4n) is 5.05. The maximum absolute atomic E-state index is 13.7. The topological polar surface area (TPSA) is 99.1 Å². The highest BCUT2D eigenvalue weighted by Crippen LogP contribution is 2.40. The van der Waals surface area contributed by atoms with Crippen LogP contribution in [-0.4, -0.2) is 36.2 Å². The van der Waals surface area contributed by atoms with E-state index in [0.29, 0.717) is 15.7 Å². The molecule has 1 aliphatic carbocycles. The van der Waals surface area contributed by atoms with Gasteiger partial charge in [0.25, 0.3) is 15.9 Å². The number of aliphatic hydroxyl groups is 1. The van der Waals surface area contributed by atoms with E-state index in [1.165, 1.54) is 6.07 Å². The van der Waals surface area contributed by atoms with E-state index in [9.17, 15) is 18.3 Å². The summed E-state index contributed by atoms with van der Waals surface area (Å²) in [7, 11) is -4.03. The van der Waals surface area contributed by atoms with Gasteiger partial charge in [-0.05, 0) is 48.6 Å². The fourth-order valence-corrected chi connectivity index (χ4v) is 6.50. The monoisotopic (exact) mass is 519 g/mol. The van der Waals surface area contributed by atoms with Crippen LogP contribution in [0.2, 0.25) is 10.0 Å². The van der Waals surface area contributed by atoms with E-state index in [-0.39, 0.29) is 34.5 Å². The van der Waals surface area contributed by atoms with Crippen LogP contribution in [0.4, 0.5) is 5.69 Å². The summed E-state index contributed by atoms with van der Waals surface area (Å²) in [5.41, 5.74) is 0.973. The molecule has 0 unspecified atom stereocenters. The van der Waals surface area contributed by atoms with E-state index in [4.69, 9.17) is 23.2 Å². The highest BCUT2D eigenvalue weighted by atomic mass is 35.5. The van der Waals surface area contributed by atoms with Crippen molar-refractivity contribution < 1.29 is 18.3 Å². The zero-order chi connectivity index (χ0) is 24.0. The van der Waals surface area contributed by atoms with E-state index in [1.807, 2.05) is 0 Å². The number of nitrogens with zero attached hydrogens (tertiary/aromatic N) is 2. The number of benzene rings is 2. The second-order valence-electron chi connectivity index (χ2n) is 8.82. The van der Waals surface area contributed by atoms with Crippen molar-refractivity contribution in [3.63, 3.8) is 0 Å². The van der Waals surface area contributed by atoms with Gasteiger partial charge in [0.15, 0.2) is 5.84 Å². The average molecular weight is 520 g/mol. The molecule has 0 bridgehead atoms. The lowest BCUT2D eigenvalue weighted by Gasteiger charge is -2.34. The van der Waals surface area contributed by atoms with Gasteiger partial charge in [0.1, 0.15) is 16.2 Å². The van der Waals surface area contributed by atoms with E-state index >= 15 is 0 Å². The molecule has 2 heterocycles. The Morgan fingerprint density at radius 3 is 2.53 bits per heavy atom. The van der Waals surface area contributed by atoms with Crippen molar-refractivity contribution in [2.75, 3.05) is 5.32 Å². The van der Waals surface area contributed by atoms with Crippen LogP contribution >= 0.6 is 23.2 Å². The number of anilines is 1. The summed E-state index contributed by atoms with van der Waals surface area (Å²) in [5, 5.41) is 15.1. The number of amides is 1. The van der Waals surface area contributed by atoms with Crippen molar-refractivity contribution in [1.82, 2.24) is 4.90 Å². The van der Waals surface area contributed by atoms with Crippen LogP contribution in [0.15, 0.2) is 63.1 Å². The lowest BCUT2D eigenvalue weighted by atomic mass is 9.83. The molecule has 1 saturated carbocycles. The number of carbonyl (C=O) groups excluding carboxylic acids is 1. The van der Waals surface area contributed by atoms with E-state index < -0.39 is 22.0 Å². The maximum atomic E-state index is 13.7. The number of amidine groups is 1. The van der Waals surface area contributed by atoms with Crippen molar-refractivity contribution in [3.05, 3.63) is 69.4 Å². The molecule has 5 rings (SSSR count). The van der Waals surface area contributed by atoms with E-state index in [2.05, 4.69) is 9.71 Å². The predicted octanol–water partition coefficient (Wildman–Crippen LogP) is 5.31.